The Bertz CT molecular complexity index is 1370. The normalized spacial score (nSPS) is 13.6. The molecule has 0 atom stereocenters. The molecule has 0 aliphatic heterocycles. The zero-order valence-electron chi connectivity index (χ0n) is 20.0. The third-order valence-corrected chi connectivity index (χ3v) is 7.02. The number of rotatable bonds is 10. The van der Waals surface area contributed by atoms with E-state index in [0.717, 1.165) is 11.1 Å². The maximum absolute atomic E-state index is 10.9. The van der Waals surface area contributed by atoms with E-state index in [0.29, 0.717) is 11.5 Å². The molecule has 0 amide bonds. The number of aliphatic hydroxyl groups excluding tert-OH is 1. The molecule has 7 nitrogen and oxygen atoms in total. The Morgan fingerprint density at radius 2 is 1.08 bits per heavy atom. The summed E-state index contributed by atoms with van der Waals surface area (Å²) in [6.07, 6.45) is 0. The molecule has 8 heteroatoms. The highest BCUT2D eigenvalue weighted by atomic mass is 31.2. The third-order valence-electron chi connectivity index (χ3n) is 6.50. The Hall–Kier alpha value is -3.45. The van der Waals surface area contributed by atoms with Crippen LogP contribution in [0.15, 0.2) is 97.1 Å². The van der Waals surface area contributed by atoms with Crippen LogP contribution in [0.1, 0.15) is 22.3 Å². The van der Waals surface area contributed by atoms with Gasteiger partial charge in [0, 0.05) is 0 Å². The van der Waals surface area contributed by atoms with Crippen LogP contribution in [0.2, 0.25) is 0 Å². The summed E-state index contributed by atoms with van der Waals surface area (Å²) in [7, 11) is -4.53. The molecule has 190 valence electrons. The standard InChI is InChI=1S/C29H27O7P/c30-17-18-34-23-13-9-21(10-14-23)29(22-11-15-24(16-12-22)35-19-20-36-37(31,32)33)27-7-3-1-5-25(27)26-6-2-4-8-28(26)29/h1-16,30H,17-20H2,(H2,31,32,33). The van der Waals surface area contributed by atoms with Crippen molar-refractivity contribution >= 4 is 7.82 Å². The minimum absolute atomic E-state index is 0.0105. The van der Waals surface area contributed by atoms with Gasteiger partial charge < -0.3 is 24.4 Å². The van der Waals surface area contributed by atoms with Crippen molar-refractivity contribution in [2.45, 2.75) is 5.41 Å². The highest BCUT2D eigenvalue weighted by Crippen LogP contribution is 2.56. The van der Waals surface area contributed by atoms with Gasteiger partial charge >= 0.3 is 7.82 Å². The fourth-order valence-corrected chi connectivity index (χ4v) is 5.42. The lowest BCUT2D eigenvalue weighted by Gasteiger charge is -2.34. The second-order valence-electron chi connectivity index (χ2n) is 8.63. The van der Waals surface area contributed by atoms with E-state index in [9.17, 15) is 4.57 Å². The lowest BCUT2D eigenvalue weighted by Crippen LogP contribution is -2.28. The minimum Gasteiger partial charge on any atom is -0.491 e. The Kier molecular flexibility index (Phi) is 7.15. The highest BCUT2D eigenvalue weighted by Gasteiger charge is 2.45. The Morgan fingerprint density at radius 1 is 0.622 bits per heavy atom. The van der Waals surface area contributed by atoms with E-state index < -0.39 is 13.2 Å². The number of hydrogen-bond acceptors (Lipinski definition) is 5. The Labute approximate surface area is 215 Å². The van der Waals surface area contributed by atoms with Crippen LogP contribution in [-0.4, -0.2) is 41.3 Å². The summed E-state index contributed by atoms with van der Waals surface area (Å²) in [6.45, 7) is -0.0267. The molecule has 1 aliphatic carbocycles. The van der Waals surface area contributed by atoms with Crippen molar-refractivity contribution in [2.24, 2.45) is 0 Å². The SMILES string of the molecule is O=P(O)(O)OCCOc1ccc(C2(c3ccc(OCCO)cc3)c3ccccc3-c3ccccc32)cc1. The van der Waals surface area contributed by atoms with Crippen LogP contribution in [0.4, 0.5) is 0 Å². The molecule has 0 radical (unpaired) electrons. The first-order valence-electron chi connectivity index (χ1n) is 11.9. The van der Waals surface area contributed by atoms with Crippen molar-refractivity contribution < 1.29 is 33.5 Å². The number of phosphoric ester groups is 1. The van der Waals surface area contributed by atoms with Crippen molar-refractivity contribution in [3.63, 3.8) is 0 Å². The number of ether oxygens (including phenoxy) is 2. The molecule has 3 N–H and O–H groups in total. The number of fused-ring (bicyclic) bond motifs is 3. The van der Waals surface area contributed by atoms with E-state index in [1.165, 1.54) is 22.3 Å². The predicted octanol–water partition coefficient (Wildman–Crippen LogP) is 4.91. The van der Waals surface area contributed by atoms with Crippen LogP contribution >= 0.6 is 7.82 Å². The van der Waals surface area contributed by atoms with Gasteiger partial charge in [0.15, 0.2) is 0 Å². The first-order chi connectivity index (χ1) is 17.9. The van der Waals surface area contributed by atoms with Gasteiger partial charge in [0.2, 0.25) is 0 Å². The third kappa shape index (κ3) is 4.92. The van der Waals surface area contributed by atoms with Crippen molar-refractivity contribution in [2.75, 3.05) is 26.4 Å². The Balaban J connectivity index is 1.57. The summed E-state index contributed by atoms with van der Waals surface area (Å²) >= 11 is 0. The lowest BCUT2D eigenvalue weighted by molar-refractivity contribution is 0.160. The summed E-state index contributed by atoms with van der Waals surface area (Å²) in [5.74, 6) is 1.26. The quantitative estimate of drug-likeness (QED) is 0.178. The minimum atomic E-state index is -4.53. The molecule has 0 spiro atoms. The number of benzene rings is 4. The zero-order valence-corrected chi connectivity index (χ0v) is 20.9. The van der Waals surface area contributed by atoms with Crippen LogP contribution in [0, 0.1) is 0 Å². The van der Waals surface area contributed by atoms with Gasteiger partial charge in [-0.1, -0.05) is 72.8 Å². The molecule has 0 saturated carbocycles. The summed E-state index contributed by atoms with van der Waals surface area (Å²) in [6, 6.07) is 32.6. The topological polar surface area (TPSA) is 105 Å². The molecule has 0 bridgehead atoms. The van der Waals surface area contributed by atoms with E-state index in [2.05, 4.69) is 53.1 Å². The summed E-state index contributed by atoms with van der Waals surface area (Å²) in [5, 5.41) is 9.11. The van der Waals surface area contributed by atoms with Gasteiger partial charge in [-0.3, -0.25) is 4.52 Å². The average molecular weight is 519 g/mol. The molecule has 0 unspecified atom stereocenters. The number of phosphoric acid groups is 1. The molecule has 4 aromatic rings. The molecule has 0 saturated heterocycles. The van der Waals surface area contributed by atoms with Gasteiger partial charge in [-0.25, -0.2) is 4.57 Å². The molecule has 0 aromatic heterocycles. The van der Waals surface area contributed by atoms with Crippen molar-refractivity contribution in [1.82, 2.24) is 0 Å². The molecular weight excluding hydrogens is 491 g/mol. The van der Waals surface area contributed by atoms with Crippen molar-refractivity contribution in [3.05, 3.63) is 119 Å². The first-order valence-corrected chi connectivity index (χ1v) is 13.4. The van der Waals surface area contributed by atoms with Crippen molar-refractivity contribution in [1.29, 1.82) is 0 Å². The number of hydrogen-bond donors (Lipinski definition) is 3. The van der Waals surface area contributed by atoms with Crippen LogP contribution in [0.5, 0.6) is 11.5 Å². The number of aliphatic hydroxyl groups is 1. The lowest BCUT2D eigenvalue weighted by atomic mass is 9.68. The van der Waals surface area contributed by atoms with E-state index in [1.54, 1.807) is 0 Å². The largest absolute Gasteiger partial charge is 0.491 e. The molecule has 1 aliphatic rings. The molecule has 5 rings (SSSR count). The molecule has 37 heavy (non-hydrogen) atoms. The van der Waals surface area contributed by atoms with Crippen LogP contribution in [0.3, 0.4) is 0 Å². The molecular formula is C29H27O7P. The maximum Gasteiger partial charge on any atom is 0.469 e. The van der Waals surface area contributed by atoms with Gasteiger partial charge in [-0.2, -0.15) is 0 Å². The summed E-state index contributed by atoms with van der Waals surface area (Å²) < 4.78 is 26.6. The average Bonchev–Trinajstić information content (AvgIpc) is 3.21. The van der Waals surface area contributed by atoms with E-state index in [-0.39, 0.29) is 26.4 Å². The van der Waals surface area contributed by atoms with E-state index in [1.807, 2.05) is 48.5 Å². The predicted molar refractivity (Wildman–Crippen MR) is 140 cm³/mol. The second kappa shape index (κ2) is 10.5. The van der Waals surface area contributed by atoms with Gasteiger partial charge in [-0.15, -0.1) is 0 Å². The van der Waals surface area contributed by atoms with Crippen molar-refractivity contribution in [3.8, 4) is 22.6 Å². The smallest absolute Gasteiger partial charge is 0.469 e. The van der Waals surface area contributed by atoms with Crippen LogP contribution < -0.4 is 9.47 Å². The van der Waals surface area contributed by atoms with E-state index in [4.69, 9.17) is 24.4 Å². The molecule has 4 aromatic carbocycles. The zero-order chi connectivity index (χ0) is 25.9. The molecule has 0 heterocycles. The highest BCUT2D eigenvalue weighted by molar-refractivity contribution is 7.46. The fraction of sp³-hybridized carbons (Fsp3) is 0.172. The van der Waals surface area contributed by atoms with Crippen LogP contribution in [0.25, 0.3) is 11.1 Å². The van der Waals surface area contributed by atoms with Gasteiger partial charge in [0.1, 0.15) is 24.7 Å². The summed E-state index contributed by atoms with van der Waals surface area (Å²) in [4.78, 5) is 17.7. The van der Waals surface area contributed by atoms with Crippen LogP contribution in [-0.2, 0) is 14.5 Å². The monoisotopic (exact) mass is 518 g/mol. The first kappa shape index (κ1) is 25.2. The van der Waals surface area contributed by atoms with Gasteiger partial charge in [0.25, 0.3) is 0 Å². The maximum atomic E-state index is 10.9. The molecule has 0 fully saturated rings. The fourth-order valence-electron chi connectivity index (χ4n) is 5.11. The summed E-state index contributed by atoms with van der Waals surface area (Å²) in [5.41, 5.74) is 6.23. The Morgan fingerprint density at radius 3 is 1.54 bits per heavy atom. The van der Waals surface area contributed by atoms with Gasteiger partial charge in [0.05, 0.1) is 18.6 Å². The van der Waals surface area contributed by atoms with E-state index >= 15 is 0 Å². The van der Waals surface area contributed by atoms with Gasteiger partial charge in [-0.05, 0) is 57.6 Å². The second-order valence-corrected chi connectivity index (χ2v) is 9.87.